The molecular formula is C9H12BrNO5S2. The molecule has 0 spiro atoms. The molecule has 9 heteroatoms. The molecule has 0 saturated carbocycles. The predicted molar refractivity (Wildman–Crippen MR) is 70.3 cm³/mol. The summed E-state index contributed by atoms with van der Waals surface area (Å²) in [6.45, 7) is -0.300. The summed E-state index contributed by atoms with van der Waals surface area (Å²) in [4.78, 5) is 0.373. The summed E-state index contributed by atoms with van der Waals surface area (Å²) in [5.41, 5.74) is 0. The highest BCUT2D eigenvalue weighted by molar-refractivity contribution is 9.10. The molecule has 6 nitrogen and oxygen atoms in total. The molecule has 1 aromatic rings. The van der Waals surface area contributed by atoms with Crippen molar-refractivity contribution in [2.75, 3.05) is 12.4 Å². The number of nitrogens with one attached hydrogen (secondary N) is 1. The fourth-order valence-electron chi connectivity index (χ4n) is 1.20. The molecule has 0 heterocycles. The van der Waals surface area contributed by atoms with Crippen LogP contribution in [0.1, 0.15) is 6.42 Å². The first-order valence-corrected chi connectivity index (χ1v) is 8.73. The van der Waals surface area contributed by atoms with E-state index in [1.807, 2.05) is 0 Å². The molecule has 1 aromatic carbocycles. The molecule has 0 aliphatic rings. The molecule has 0 saturated heterocycles. The Kier molecular flexibility index (Phi) is 5.29. The van der Waals surface area contributed by atoms with Gasteiger partial charge in [-0.15, -0.1) is 0 Å². The van der Waals surface area contributed by atoms with Gasteiger partial charge in [-0.3, -0.25) is 4.55 Å². The second-order valence-electron chi connectivity index (χ2n) is 3.44. The van der Waals surface area contributed by atoms with Crippen molar-refractivity contribution in [1.29, 1.82) is 4.78 Å². The Balaban J connectivity index is 2.58. The first-order chi connectivity index (χ1) is 8.21. The Hall–Kier alpha value is -0.480. The zero-order chi connectivity index (χ0) is 13.8. The van der Waals surface area contributed by atoms with Crippen LogP contribution in [0.4, 0.5) is 0 Å². The molecule has 0 aliphatic heterocycles. The van der Waals surface area contributed by atoms with Gasteiger partial charge in [0.15, 0.2) is 0 Å². The maximum Gasteiger partial charge on any atom is 0.397 e. The van der Waals surface area contributed by atoms with E-state index in [2.05, 4.69) is 20.1 Å². The van der Waals surface area contributed by atoms with Gasteiger partial charge in [-0.05, 0) is 30.7 Å². The summed E-state index contributed by atoms with van der Waals surface area (Å²) in [5, 5.41) is 0. The average molecular weight is 358 g/mol. The third-order valence-electron chi connectivity index (χ3n) is 2.00. The van der Waals surface area contributed by atoms with Gasteiger partial charge in [0.2, 0.25) is 0 Å². The van der Waals surface area contributed by atoms with E-state index in [4.69, 9.17) is 9.33 Å². The molecule has 0 bridgehead atoms. The van der Waals surface area contributed by atoms with Crippen molar-refractivity contribution >= 4 is 36.1 Å². The van der Waals surface area contributed by atoms with E-state index >= 15 is 0 Å². The fourth-order valence-corrected chi connectivity index (χ4v) is 3.13. The highest BCUT2D eigenvalue weighted by Crippen LogP contribution is 2.17. The van der Waals surface area contributed by atoms with E-state index in [9.17, 15) is 12.6 Å². The minimum absolute atomic E-state index is 0.0375. The van der Waals surface area contributed by atoms with Crippen LogP contribution in [0.3, 0.4) is 0 Å². The van der Waals surface area contributed by atoms with Crippen LogP contribution < -0.4 is 0 Å². The Bertz CT molecular complexity index is 594. The first kappa shape index (κ1) is 15.6. The lowest BCUT2D eigenvalue weighted by Gasteiger charge is -2.07. The van der Waals surface area contributed by atoms with Gasteiger partial charge in [-0.25, -0.2) is 13.2 Å². The van der Waals surface area contributed by atoms with Gasteiger partial charge in [-0.1, -0.05) is 15.9 Å². The summed E-state index contributed by atoms with van der Waals surface area (Å²) in [5.74, 6) is -0.0375. The smallest absolute Gasteiger partial charge is 0.264 e. The Morgan fingerprint density at radius 1 is 1.22 bits per heavy atom. The van der Waals surface area contributed by atoms with Crippen LogP contribution in [0.15, 0.2) is 33.6 Å². The van der Waals surface area contributed by atoms with Crippen LogP contribution in [0.5, 0.6) is 0 Å². The molecule has 0 radical (unpaired) electrons. The van der Waals surface area contributed by atoms with Crippen LogP contribution in [-0.4, -0.2) is 29.5 Å². The molecule has 102 valence electrons. The van der Waals surface area contributed by atoms with Crippen LogP contribution in [0.25, 0.3) is 0 Å². The van der Waals surface area contributed by atoms with Crippen LogP contribution in [0.2, 0.25) is 0 Å². The van der Waals surface area contributed by atoms with Gasteiger partial charge >= 0.3 is 10.4 Å². The molecule has 1 atom stereocenters. The largest absolute Gasteiger partial charge is 0.397 e. The third-order valence-corrected chi connectivity index (χ3v) is 4.89. The Morgan fingerprint density at radius 3 is 2.28 bits per heavy atom. The van der Waals surface area contributed by atoms with Gasteiger partial charge in [0.1, 0.15) is 0 Å². The maximum absolute atomic E-state index is 12.0. The van der Waals surface area contributed by atoms with E-state index < -0.39 is 20.1 Å². The summed E-state index contributed by atoms with van der Waals surface area (Å²) in [7, 11) is -7.44. The predicted octanol–water partition coefficient (Wildman–Crippen LogP) is 2.06. The molecule has 0 aliphatic carbocycles. The summed E-state index contributed by atoms with van der Waals surface area (Å²) >= 11 is 3.23. The molecule has 0 amide bonds. The summed E-state index contributed by atoms with van der Waals surface area (Å²) < 4.78 is 53.5. The minimum atomic E-state index is -4.47. The zero-order valence-corrected chi connectivity index (χ0v) is 12.4. The van der Waals surface area contributed by atoms with Crippen LogP contribution in [-0.2, 0) is 24.3 Å². The van der Waals surface area contributed by atoms with Gasteiger partial charge in [0, 0.05) is 15.1 Å². The van der Waals surface area contributed by atoms with Crippen molar-refractivity contribution in [2.45, 2.75) is 11.3 Å². The Labute approximate surface area is 114 Å². The van der Waals surface area contributed by atoms with E-state index in [1.54, 1.807) is 24.3 Å². The highest BCUT2D eigenvalue weighted by atomic mass is 79.9. The van der Waals surface area contributed by atoms with Crippen molar-refractivity contribution in [2.24, 2.45) is 0 Å². The lowest BCUT2D eigenvalue weighted by atomic mass is 10.4. The number of benzene rings is 1. The van der Waals surface area contributed by atoms with Gasteiger partial charge < -0.3 is 0 Å². The van der Waals surface area contributed by atoms with Gasteiger partial charge in [-0.2, -0.15) is 8.42 Å². The molecule has 18 heavy (non-hydrogen) atoms. The summed E-state index contributed by atoms with van der Waals surface area (Å²) in [6, 6.07) is 6.50. The maximum atomic E-state index is 12.0. The van der Waals surface area contributed by atoms with Crippen molar-refractivity contribution in [3.05, 3.63) is 28.7 Å². The van der Waals surface area contributed by atoms with Crippen LogP contribution >= 0.6 is 15.9 Å². The van der Waals surface area contributed by atoms with Crippen LogP contribution in [0, 0.1) is 4.78 Å². The highest BCUT2D eigenvalue weighted by Gasteiger charge is 2.11. The molecule has 0 aromatic heterocycles. The minimum Gasteiger partial charge on any atom is -0.264 e. The van der Waals surface area contributed by atoms with Gasteiger partial charge in [0.05, 0.1) is 16.3 Å². The first-order valence-electron chi connectivity index (χ1n) is 4.85. The number of halogens is 1. The molecule has 1 rings (SSSR count). The Morgan fingerprint density at radius 2 is 1.78 bits per heavy atom. The normalized spacial score (nSPS) is 15.2. The number of rotatable bonds is 6. The topological polar surface area (TPSA) is 105 Å². The third kappa shape index (κ3) is 5.44. The molecule has 2 N–H and O–H groups in total. The van der Waals surface area contributed by atoms with E-state index in [-0.39, 0.29) is 18.8 Å². The molecule has 0 fully saturated rings. The quantitative estimate of drug-likeness (QED) is 0.598. The number of hydrogen-bond donors (Lipinski definition) is 2. The standard InChI is InChI=1S/C9H12BrNO5S2/c10-8-2-4-9(5-3-8)17(11,12)7-1-6-16-18(13,14)15/h2-5,11H,1,6-7H2,(H,13,14,15). The SMILES string of the molecule is N=S(=O)(CCCOS(=O)(=O)O)c1ccc(Br)cc1. The second-order valence-corrected chi connectivity index (χ2v) is 7.67. The monoisotopic (exact) mass is 357 g/mol. The van der Waals surface area contributed by atoms with Gasteiger partial charge in [0.25, 0.3) is 0 Å². The van der Waals surface area contributed by atoms with E-state index in [0.29, 0.717) is 4.90 Å². The second kappa shape index (κ2) is 6.11. The fraction of sp³-hybridized carbons (Fsp3) is 0.333. The van der Waals surface area contributed by atoms with Crippen molar-refractivity contribution < 1.29 is 21.4 Å². The van der Waals surface area contributed by atoms with Crippen molar-refractivity contribution in [3.8, 4) is 0 Å². The van der Waals surface area contributed by atoms with E-state index in [0.717, 1.165) is 4.47 Å². The number of hydrogen-bond acceptors (Lipinski definition) is 5. The lowest BCUT2D eigenvalue weighted by Crippen LogP contribution is -2.10. The van der Waals surface area contributed by atoms with Crippen molar-refractivity contribution in [3.63, 3.8) is 0 Å². The molecule has 1 unspecified atom stereocenters. The average Bonchev–Trinajstić information content (AvgIpc) is 2.24. The summed E-state index contributed by atoms with van der Waals surface area (Å²) in [6.07, 6.45) is 0.0954. The van der Waals surface area contributed by atoms with Crippen molar-refractivity contribution in [1.82, 2.24) is 0 Å². The zero-order valence-electron chi connectivity index (χ0n) is 9.21. The molecular weight excluding hydrogens is 346 g/mol. The van der Waals surface area contributed by atoms with E-state index in [1.165, 1.54) is 0 Å². The lowest BCUT2D eigenvalue weighted by molar-refractivity contribution is 0.269.